The van der Waals surface area contributed by atoms with Crippen molar-refractivity contribution in [2.24, 2.45) is 11.8 Å². The van der Waals surface area contributed by atoms with Gasteiger partial charge in [-0.2, -0.15) is 0 Å². The van der Waals surface area contributed by atoms with Crippen molar-refractivity contribution in [1.29, 1.82) is 0 Å². The first kappa shape index (κ1) is 33.1. The molecule has 252 valence electrons. The summed E-state index contributed by atoms with van der Waals surface area (Å²) < 4.78 is 0. The standard InChI is InChI=1S/C39H51ClN4O2S/c1-23-16-24(2)18-28(17-23)36-30(11-14-43-12-8-26(9-13-43)25(3)19-34(45)44-15-10-29(40)22-44)31-20-33(47-38(31)42-36)39(4,5)37(46)35-27-6-7-32(35)41-21-27/h16-18,20,27,29,32,35,41-42H,6-15,19,21-22H2,1-5H3. The number of halogens is 1. The summed E-state index contributed by atoms with van der Waals surface area (Å²) in [4.78, 5) is 37.6. The summed E-state index contributed by atoms with van der Waals surface area (Å²) in [7, 11) is 0. The van der Waals surface area contributed by atoms with Gasteiger partial charge in [0, 0.05) is 61.4 Å². The number of Topliss-reactive ketones (excluding diaryl/α,β-unsaturated/α-hetero) is 1. The zero-order valence-electron chi connectivity index (χ0n) is 28.8. The SMILES string of the molecule is CC(CC(=O)N1CCC(Cl)C1)=C1CCN(CCc2c(-c3cc(C)cc(C)c3)[nH]c3sc(C(C)(C)C(=O)C4C5CCC4NC5)cc23)CC1. The van der Waals surface area contributed by atoms with Gasteiger partial charge in [0.2, 0.25) is 5.91 Å². The van der Waals surface area contributed by atoms with E-state index in [4.69, 9.17) is 11.6 Å². The van der Waals surface area contributed by atoms with Crippen LogP contribution in [0.3, 0.4) is 0 Å². The van der Waals surface area contributed by atoms with Crippen LogP contribution in [-0.4, -0.2) is 77.2 Å². The van der Waals surface area contributed by atoms with Crippen molar-refractivity contribution in [3.8, 4) is 11.3 Å². The summed E-state index contributed by atoms with van der Waals surface area (Å²) >= 11 is 8.03. The van der Waals surface area contributed by atoms with E-state index in [-0.39, 0.29) is 17.2 Å². The Bertz CT molecular complexity index is 1670. The minimum Gasteiger partial charge on any atom is -0.346 e. The number of thiophene rings is 1. The number of aryl methyl sites for hydroxylation is 2. The van der Waals surface area contributed by atoms with Crippen molar-refractivity contribution in [3.63, 3.8) is 0 Å². The molecule has 4 aliphatic rings. The molecular formula is C39H51ClN4O2S. The average Bonchev–Trinajstić information content (AvgIpc) is 3.87. The topological polar surface area (TPSA) is 68.4 Å². The smallest absolute Gasteiger partial charge is 0.226 e. The molecule has 0 radical (unpaired) electrons. The fraction of sp³-hybridized carbons (Fsp3) is 0.590. The third-order valence-corrected chi connectivity index (χ3v) is 13.4. The number of aromatic nitrogens is 1. The van der Waals surface area contributed by atoms with Gasteiger partial charge < -0.3 is 20.1 Å². The molecule has 7 rings (SSSR count). The number of amides is 1. The van der Waals surface area contributed by atoms with Crippen LogP contribution in [0, 0.1) is 25.7 Å². The number of ketones is 1. The highest BCUT2D eigenvalue weighted by molar-refractivity contribution is 7.19. The molecule has 2 bridgehead atoms. The summed E-state index contributed by atoms with van der Waals surface area (Å²) in [5, 5.41) is 4.98. The van der Waals surface area contributed by atoms with Crippen molar-refractivity contribution in [2.45, 2.75) is 96.4 Å². The highest BCUT2D eigenvalue weighted by atomic mass is 35.5. The van der Waals surface area contributed by atoms with Crippen LogP contribution >= 0.6 is 22.9 Å². The number of H-pyrrole nitrogens is 1. The lowest BCUT2D eigenvalue weighted by molar-refractivity contribution is -0.129. The number of nitrogens with one attached hydrogen (secondary N) is 2. The van der Waals surface area contributed by atoms with Gasteiger partial charge in [-0.05, 0) is 115 Å². The first-order chi connectivity index (χ1) is 22.5. The highest BCUT2D eigenvalue weighted by Gasteiger charge is 2.50. The van der Waals surface area contributed by atoms with Gasteiger partial charge in [0.15, 0.2) is 0 Å². The van der Waals surface area contributed by atoms with Crippen LogP contribution in [0.25, 0.3) is 21.5 Å². The highest BCUT2D eigenvalue weighted by Crippen LogP contribution is 2.45. The Kier molecular flexibility index (Phi) is 9.22. The molecule has 1 aromatic carbocycles. The van der Waals surface area contributed by atoms with Crippen molar-refractivity contribution < 1.29 is 9.59 Å². The zero-order valence-corrected chi connectivity index (χ0v) is 30.4. The summed E-state index contributed by atoms with van der Waals surface area (Å²) in [5.41, 5.74) is 8.57. The van der Waals surface area contributed by atoms with E-state index >= 15 is 0 Å². The van der Waals surface area contributed by atoms with Gasteiger partial charge in [-0.25, -0.2) is 0 Å². The summed E-state index contributed by atoms with van der Waals surface area (Å²) in [6, 6.07) is 9.52. The van der Waals surface area contributed by atoms with Crippen LogP contribution in [0.4, 0.5) is 0 Å². The number of benzene rings is 1. The Morgan fingerprint density at radius 3 is 2.38 bits per heavy atom. The molecule has 4 fully saturated rings. The third kappa shape index (κ3) is 6.50. The van der Waals surface area contributed by atoms with E-state index in [1.54, 1.807) is 11.3 Å². The number of carbonyl (C=O) groups excluding carboxylic acids is 2. The van der Waals surface area contributed by atoms with E-state index in [2.05, 4.69) is 74.1 Å². The van der Waals surface area contributed by atoms with E-state index in [0.29, 0.717) is 30.7 Å². The first-order valence-electron chi connectivity index (χ1n) is 17.8. The van der Waals surface area contributed by atoms with Crippen LogP contribution in [0.1, 0.15) is 80.9 Å². The molecule has 4 unspecified atom stereocenters. The fourth-order valence-corrected chi connectivity index (χ4v) is 10.4. The second-order valence-corrected chi connectivity index (χ2v) is 17.1. The number of fused-ring (bicyclic) bond motifs is 3. The van der Waals surface area contributed by atoms with Gasteiger partial charge in [-0.1, -0.05) is 28.3 Å². The molecular weight excluding hydrogens is 624 g/mol. The van der Waals surface area contributed by atoms with Gasteiger partial charge >= 0.3 is 0 Å². The summed E-state index contributed by atoms with van der Waals surface area (Å²) in [6.07, 6.45) is 6.74. The zero-order chi connectivity index (χ0) is 33.0. The Balaban J connectivity index is 1.09. The number of likely N-dealkylation sites (tertiary alicyclic amines) is 2. The number of carbonyl (C=O) groups is 2. The summed E-state index contributed by atoms with van der Waals surface area (Å²) in [5.74, 6) is 1.28. The van der Waals surface area contributed by atoms with Crippen LogP contribution in [0.5, 0.6) is 0 Å². The molecule has 0 spiro atoms. The van der Waals surface area contributed by atoms with Gasteiger partial charge in [0.1, 0.15) is 10.6 Å². The number of hydrogen-bond acceptors (Lipinski definition) is 5. The molecule has 3 aromatic rings. The lowest BCUT2D eigenvalue weighted by atomic mass is 9.76. The van der Waals surface area contributed by atoms with E-state index in [1.807, 2.05) is 4.90 Å². The molecule has 3 saturated heterocycles. The van der Waals surface area contributed by atoms with Crippen LogP contribution in [0.15, 0.2) is 35.4 Å². The Morgan fingerprint density at radius 2 is 1.77 bits per heavy atom. The molecule has 2 aromatic heterocycles. The molecule has 1 saturated carbocycles. The van der Waals surface area contributed by atoms with Crippen LogP contribution < -0.4 is 5.32 Å². The van der Waals surface area contributed by atoms with E-state index < -0.39 is 5.41 Å². The fourth-order valence-electron chi connectivity index (χ4n) is 8.89. The van der Waals surface area contributed by atoms with E-state index in [1.165, 1.54) is 60.6 Å². The molecule has 47 heavy (non-hydrogen) atoms. The Hall–Kier alpha value is -2.45. The molecule has 4 atom stereocenters. The molecule has 1 amide bonds. The molecule has 8 heteroatoms. The second kappa shape index (κ2) is 13.1. The quantitative estimate of drug-likeness (QED) is 0.182. The monoisotopic (exact) mass is 674 g/mol. The van der Waals surface area contributed by atoms with Crippen LogP contribution in [0.2, 0.25) is 0 Å². The maximum absolute atomic E-state index is 14.0. The second-order valence-electron chi connectivity index (χ2n) is 15.5. The van der Waals surface area contributed by atoms with Gasteiger partial charge in [0.25, 0.3) is 0 Å². The Morgan fingerprint density at radius 1 is 1.02 bits per heavy atom. The van der Waals surface area contributed by atoms with Gasteiger partial charge in [-0.15, -0.1) is 22.9 Å². The molecule has 5 heterocycles. The molecule has 2 N–H and O–H groups in total. The first-order valence-corrected chi connectivity index (χ1v) is 19.1. The maximum Gasteiger partial charge on any atom is 0.226 e. The van der Waals surface area contributed by atoms with E-state index in [0.717, 1.165) is 64.8 Å². The predicted octanol–water partition coefficient (Wildman–Crippen LogP) is 7.54. The van der Waals surface area contributed by atoms with Crippen molar-refractivity contribution in [3.05, 3.63) is 57.0 Å². The lowest BCUT2D eigenvalue weighted by Gasteiger charge is -2.30. The Labute approximate surface area is 289 Å². The minimum atomic E-state index is -0.505. The molecule has 6 nitrogen and oxygen atoms in total. The number of aromatic amines is 1. The normalized spacial score (nSPS) is 25.0. The molecule has 1 aliphatic carbocycles. The number of nitrogens with zero attached hydrogens (tertiary/aromatic N) is 2. The number of piperidine rings is 2. The number of rotatable bonds is 9. The minimum absolute atomic E-state index is 0.103. The van der Waals surface area contributed by atoms with Crippen molar-refractivity contribution >= 4 is 44.8 Å². The predicted molar refractivity (Wildman–Crippen MR) is 195 cm³/mol. The molecule has 3 aliphatic heterocycles. The lowest BCUT2D eigenvalue weighted by Crippen LogP contribution is -2.39. The number of alkyl halides is 1. The van der Waals surface area contributed by atoms with E-state index in [9.17, 15) is 9.59 Å². The third-order valence-electron chi connectivity index (χ3n) is 11.7. The average molecular weight is 675 g/mol. The van der Waals surface area contributed by atoms with Crippen molar-refractivity contribution in [1.82, 2.24) is 20.1 Å². The number of hydrogen-bond donors (Lipinski definition) is 2. The summed E-state index contributed by atoms with van der Waals surface area (Å²) in [6.45, 7) is 16.3. The van der Waals surface area contributed by atoms with Gasteiger partial charge in [-0.3, -0.25) is 9.59 Å². The van der Waals surface area contributed by atoms with Gasteiger partial charge in [0.05, 0.1) is 16.5 Å². The maximum atomic E-state index is 14.0. The van der Waals surface area contributed by atoms with Crippen LogP contribution in [-0.2, 0) is 21.4 Å². The van der Waals surface area contributed by atoms with Crippen molar-refractivity contribution in [2.75, 3.05) is 39.3 Å². The largest absolute Gasteiger partial charge is 0.346 e.